The molecule has 0 unspecified atom stereocenters. The van der Waals surface area contributed by atoms with Gasteiger partial charge in [-0.1, -0.05) is 12.1 Å². The van der Waals surface area contributed by atoms with Crippen LogP contribution in [0.4, 0.5) is 5.69 Å². The summed E-state index contributed by atoms with van der Waals surface area (Å²) in [7, 11) is 1.54. The minimum absolute atomic E-state index is 0.0202. The molecule has 1 amide bonds. The summed E-state index contributed by atoms with van der Waals surface area (Å²) in [5, 5.41) is 2.80. The van der Waals surface area contributed by atoms with Gasteiger partial charge in [0.1, 0.15) is 17.1 Å². The number of para-hydroxylation sites is 2. The first-order chi connectivity index (χ1) is 11.4. The van der Waals surface area contributed by atoms with Crippen LogP contribution in [0.3, 0.4) is 0 Å². The highest BCUT2D eigenvalue weighted by atomic mass is 16.5. The number of amides is 1. The van der Waals surface area contributed by atoms with E-state index in [9.17, 15) is 9.59 Å². The van der Waals surface area contributed by atoms with E-state index >= 15 is 0 Å². The molecule has 0 aliphatic carbocycles. The number of ketones is 1. The zero-order valence-corrected chi connectivity index (χ0v) is 13.9. The third-order valence-electron chi connectivity index (χ3n) is 3.87. The Kier molecular flexibility index (Phi) is 4.01. The normalized spacial score (nSPS) is 15.2. The van der Waals surface area contributed by atoms with Gasteiger partial charge in [-0.2, -0.15) is 0 Å². The van der Waals surface area contributed by atoms with Crippen molar-refractivity contribution < 1.29 is 19.1 Å². The van der Waals surface area contributed by atoms with E-state index in [0.29, 0.717) is 28.3 Å². The fourth-order valence-corrected chi connectivity index (χ4v) is 2.74. The Morgan fingerprint density at radius 3 is 2.71 bits per heavy atom. The van der Waals surface area contributed by atoms with Crippen LogP contribution in [0.25, 0.3) is 0 Å². The molecule has 1 heterocycles. The first-order valence-electron chi connectivity index (χ1n) is 7.70. The minimum atomic E-state index is -0.523. The zero-order chi connectivity index (χ0) is 17.3. The zero-order valence-electron chi connectivity index (χ0n) is 13.9. The van der Waals surface area contributed by atoms with Crippen molar-refractivity contribution in [2.45, 2.75) is 25.9 Å². The van der Waals surface area contributed by atoms with Crippen molar-refractivity contribution in [1.29, 1.82) is 0 Å². The molecule has 0 fully saturated rings. The van der Waals surface area contributed by atoms with E-state index < -0.39 is 5.60 Å². The Hall–Kier alpha value is -2.82. The van der Waals surface area contributed by atoms with Crippen molar-refractivity contribution in [3.8, 4) is 11.5 Å². The predicted molar refractivity (Wildman–Crippen MR) is 91.0 cm³/mol. The van der Waals surface area contributed by atoms with Crippen LogP contribution in [0.1, 0.15) is 41.0 Å². The number of carbonyl (C=O) groups excluding carboxylic acids is 2. The Labute approximate surface area is 140 Å². The maximum absolute atomic E-state index is 12.5. The molecular formula is C19H19NO4. The number of hydrogen-bond acceptors (Lipinski definition) is 4. The third kappa shape index (κ3) is 3.11. The number of nitrogens with one attached hydrogen (secondary N) is 1. The van der Waals surface area contributed by atoms with Crippen molar-refractivity contribution in [3.05, 3.63) is 53.6 Å². The van der Waals surface area contributed by atoms with E-state index in [1.807, 2.05) is 26.0 Å². The van der Waals surface area contributed by atoms with Crippen molar-refractivity contribution in [3.63, 3.8) is 0 Å². The van der Waals surface area contributed by atoms with Gasteiger partial charge < -0.3 is 14.8 Å². The number of ether oxygens (including phenoxy) is 2. The van der Waals surface area contributed by atoms with Gasteiger partial charge in [0.05, 0.1) is 24.8 Å². The molecule has 24 heavy (non-hydrogen) atoms. The molecule has 0 saturated heterocycles. The highest BCUT2D eigenvalue weighted by molar-refractivity contribution is 6.08. The van der Waals surface area contributed by atoms with Crippen LogP contribution in [0, 0.1) is 0 Å². The molecule has 1 N–H and O–H groups in total. The molecule has 1 aliphatic heterocycles. The van der Waals surface area contributed by atoms with Gasteiger partial charge in [0, 0.05) is 5.56 Å². The monoisotopic (exact) mass is 325 g/mol. The maximum Gasteiger partial charge on any atom is 0.255 e. The topological polar surface area (TPSA) is 64.6 Å². The van der Waals surface area contributed by atoms with Crippen LogP contribution in [-0.2, 0) is 0 Å². The van der Waals surface area contributed by atoms with Gasteiger partial charge in [0.15, 0.2) is 5.78 Å². The molecule has 124 valence electrons. The number of rotatable bonds is 3. The number of Topliss-reactive ketones (excluding diaryl/α,β-unsaturated/α-hetero) is 1. The lowest BCUT2D eigenvalue weighted by molar-refractivity contribution is 0.0620. The SMILES string of the molecule is COc1ccccc1NC(=O)c1ccc2c(c1)C(=O)CC(C)(C)O2. The smallest absolute Gasteiger partial charge is 0.255 e. The number of benzene rings is 2. The van der Waals surface area contributed by atoms with E-state index in [4.69, 9.17) is 9.47 Å². The van der Waals surface area contributed by atoms with E-state index in [1.54, 1.807) is 37.4 Å². The summed E-state index contributed by atoms with van der Waals surface area (Å²) in [5.41, 5.74) is 0.899. The molecule has 0 radical (unpaired) electrons. The lowest BCUT2D eigenvalue weighted by atomic mass is 9.92. The number of methoxy groups -OCH3 is 1. The molecule has 0 spiro atoms. The average Bonchev–Trinajstić information content (AvgIpc) is 2.54. The summed E-state index contributed by atoms with van der Waals surface area (Å²) >= 11 is 0. The van der Waals surface area contributed by atoms with Crippen LogP contribution in [-0.4, -0.2) is 24.4 Å². The lowest BCUT2D eigenvalue weighted by Crippen LogP contribution is -2.36. The van der Waals surface area contributed by atoms with Crippen LogP contribution in [0.2, 0.25) is 0 Å². The third-order valence-corrected chi connectivity index (χ3v) is 3.87. The highest BCUT2D eigenvalue weighted by Crippen LogP contribution is 2.33. The molecule has 5 heteroatoms. The van der Waals surface area contributed by atoms with Crippen LogP contribution >= 0.6 is 0 Å². The molecule has 2 aromatic carbocycles. The summed E-state index contributed by atoms with van der Waals surface area (Å²) in [6.45, 7) is 3.74. The largest absolute Gasteiger partial charge is 0.495 e. The van der Waals surface area contributed by atoms with Gasteiger partial charge in [0.2, 0.25) is 0 Å². The van der Waals surface area contributed by atoms with Crippen molar-refractivity contribution in [2.75, 3.05) is 12.4 Å². The van der Waals surface area contributed by atoms with E-state index in [0.717, 1.165) is 0 Å². The van der Waals surface area contributed by atoms with E-state index in [1.165, 1.54) is 0 Å². The highest BCUT2D eigenvalue weighted by Gasteiger charge is 2.32. The molecular weight excluding hydrogens is 306 g/mol. The summed E-state index contributed by atoms with van der Waals surface area (Å²) in [6.07, 6.45) is 0.289. The van der Waals surface area contributed by atoms with Gasteiger partial charge in [-0.15, -0.1) is 0 Å². The van der Waals surface area contributed by atoms with Crippen molar-refractivity contribution in [2.24, 2.45) is 0 Å². The molecule has 0 bridgehead atoms. The first kappa shape index (κ1) is 16.1. The average molecular weight is 325 g/mol. The molecule has 0 saturated carbocycles. The quantitative estimate of drug-likeness (QED) is 0.935. The molecule has 0 atom stereocenters. The fraction of sp³-hybridized carbons (Fsp3) is 0.263. The summed E-state index contributed by atoms with van der Waals surface area (Å²) in [5.74, 6) is 0.767. The van der Waals surface area contributed by atoms with Gasteiger partial charge in [-0.05, 0) is 44.2 Å². The van der Waals surface area contributed by atoms with Crippen LogP contribution in [0.5, 0.6) is 11.5 Å². The molecule has 3 rings (SSSR count). The Morgan fingerprint density at radius 1 is 1.21 bits per heavy atom. The van der Waals surface area contributed by atoms with Crippen LogP contribution in [0.15, 0.2) is 42.5 Å². The number of carbonyl (C=O) groups is 2. The molecule has 0 aromatic heterocycles. The van der Waals surface area contributed by atoms with Crippen molar-refractivity contribution >= 4 is 17.4 Å². The summed E-state index contributed by atoms with van der Waals surface area (Å²) in [6, 6.07) is 12.1. The van der Waals surface area contributed by atoms with E-state index in [-0.39, 0.29) is 18.1 Å². The van der Waals surface area contributed by atoms with Crippen molar-refractivity contribution in [1.82, 2.24) is 0 Å². The Bertz CT molecular complexity index is 811. The molecule has 1 aliphatic rings. The number of anilines is 1. The number of hydrogen-bond donors (Lipinski definition) is 1. The van der Waals surface area contributed by atoms with Gasteiger partial charge in [-0.25, -0.2) is 0 Å². The maximum atomic E-state index is 12.5. The lowest BCUT2D eigenvalue weighted by Gasteiger charge is -2.31. The van der Waals surface area contributed by atoms with E-state index in [2.05, 4.69) is 5.32 Å². The standard InChI is InChI=1S/C19H19NO4/c1-19(2)11-15(21)13-10-12(8-9-16(13)24-19)18(22)20-14-6-4-5-7-17(14)23-3/h4-10H,11H2,1-3H3,(H,20,22). The predicted octanol–water partition coefficient (Wildman–Crippen LogP) is 3.69. The summed E-state index contributed by atoms with van der Waals surface area (Å²) < 4.78 is 11.0. The van der Waals surface area contributed by atoms with Gasteiger partial charge in [0.25, 0.3) is 5.91 Å². The minimum Gasteiger partial charge on any atom is -0.495 e. The fourth-order valence-electron chi connectivity index (χ4n) is 2.74. The van der Waals surface area contributed by atoms with Crippen LogP contribution < -0.4 is 14.8 Å². The molecule has 2 aromatic rings. The second kappa shape index (κ2) is 6.00. The second-order valence-corrected chi connectivity index (χ2v) is 6.33. The summed E-state index contributed by atoms with van der Waals surface area (Å²) in [4.78, 5) is 24.8. The Morgan fingerprint density at radius 2 is 1.96 bits per heavy atom. The molecule has 5 nitrogen and oxygen atoms in total. The van der Waals surface area contributed by atoms with Gasteiger partial charge >= 0.3 is 0 Å². The Balaban J connectivity index is 1.87. The number of fused-ring (bicyclic) bond motifs is 1. The first-order valence-corrected chi connectivity index (χ1v) is 7.70. The second-order valence-electron chi connectivity index (χ2n) is 6.33. The van der Waals surface area contributed by atoms with Gasteiger partial charge in [-0.3, -0.25) is 9.59 Å².